The zero-order valence-corrected chi connectivity index (χ0v) is 22.7. The van der Waals surface area contributed by atoms with E-state index in [9.17, 15) is 14.7 Å². The molecule has 0 saturated heterocycles. The van der Waals surface area contributed by atoms with Gasteiger partial charge < -0.3 is 10.0 Å². The topological polar surface area (TPSA) is 57.6 Å². The minimum atomic E-state index is -0.466. The molecule has 36 heavy (non-hydrogen) atoms. The van der Waals surface area contributed by atoms with Crippen molar-refractivity contribution >= 4 is 11.9 Å². The van der Waals surface area contributed by atoms with Crippen LogP contribution in [0.2, 0.25) is 0 Å². The summed E-state index contributed by atoms with van der Waals surface area (Å²) in [5.41, 5.74) is 0.225. The Kier molecular flexibility index (Phi) is 5.65. The molecule has 9 unspecified atom stereocenters. The summed E-state index contributed by atoms with van der Waals surface area (Å²) in [6, 6.07) is 0.488. The zero-order valence-electron chi connectivity index (χ0n) is 22.7. The Balaban J connectivity index is 1.15. The van der Waals surface area contributed by atoms with E-state index < -0.39 is 11.4 Å². The second kappa shape index (κ2) is 8.47. The smallest absolute Gasteiger partial charge is 0.309 e. The van der Waals surface area contributed by atoms with Gasteiger partial charge in [-0.15, -0.1) is 0 Å². The Morgan fingerprint density at radius 3 is 2.31 bits per heavy atom. The Labute approximate surface area is 218 Å². The van der Waals surface area contributed by atoms with Gasteiger partial charge in [-0.25, -0.2) is 0 Å². The number of amides is 1. The fraction of sp³-hybridized carbons (Fsp3) is 0.938. The molecule has 6 bridgehead atoms. The van der Waals surface area contributed by atoms with E-state index in [-0.39, 0.29) is 11.3 Å². The van der Waals surface area contributed by atoms with Gasteiger partial charge in [-0.3, -0.25) is 9.59 Å². The molecule has 4 nitrogen and oxygen atoms in total. The number of carbonyl (C=O) groups is 2. The van der Waals surface area contributed by atoms with E-state index in [1.165, 1.54) is 83.5 Å². The Morgan fingerprint density at radius 2 is 1.56 bits per heavy atom. The predicted octanol–water partition coefficient (Wildman–Crippen LogP) is 7.06. The molecule has 0 spiro atoms. The van der Waals surface area contributed by atoms with Gasteiger partial charge in [0.05, 0.1) is 5.41 Å². The van der Waals surface area contributed by atoms with Gasteiger partial charge in [-0.2, -0.15) is 0 Å². The molecule has 7 rings (SSSR count). The maximum atomic E-state index is 14.0. The van der Waals surface area contributed by atoms with Crippen LogP contribution in [-0.4, -0.2) is 34.5 Å². The molecule has 9 atom stereocenters. The lowest BCUT2D eigenvalue weighted by Gasteiger charge is -2.55. The summed E-state index contributed by atoms with van der Waals surface area (Å²) < 4.78 is 0. The van der Waals surface area contributed by atoms with Crippen LogP contribution in [0.4, 0.5) is 0 Å². The van der Waals surface area contributed by atoms with Crippen LogP contribution in [0.15, 0.2) is 0 Å². The predicted molar refractivity (Wildman–Crippen MR) is 140 cm³/mol. The fourth-order valence-corrected chi connectivity index (χ4v) is 12.5. The minimum absolute atomic E-state index is 0.243. The van der Waals surface area contributed by atoms with Crippen LogP contribution < -0.4 is 0 Å². The van der Waals surface area contributed by atoms with E-state index >= 15 is 0 Å². The van der Waals surface area contributed by atoms with E-state index in [1.54, 1.807) is 0 Å². The van der Waals surface area contributed by atoms with Crippen LogP contribution in [0.3, 0.4) is 0 Å². The second-order valence-electron chi connectivity index (χ2n) is 15.1. The number of nitrogens with zero attached hydrogens (tertiary/aromatic N) is 1. The molecular weight excluding hydrogens is 446 g/mol. The van der Waals surface area contributed by atoms with Crippen molar-refractivity contribution in [2.45, 2.75) is 129 Å². The molecule has 200 valence electrons. The van der Waals surface area contributed by atoms with Crippen LogP contribution in [0, 0.1) is 51.8 Å². The van der Waals surface area contributed by atoms with Crippen molar-refractivity contribution in [3.05, 3.63) is 0 Å². The van der Waals surface area contributed by atoms with Crippen LogP contribution in [-0.2, 0) is 9.59 Å². The number of fused-ring (bicyclic) bond motifs is 5. The van der Waals surface area contributed by atoms with Crippen LogP contribution in [0.1, 0.15) is 122 Å². The second-order valence-corrected chi connectivity index (χ2v) is 15.1. The molecule has 0 radical (unpaired) electrons. The third kappa shape index (κ3) is 3.36. The Morgan fingerprint density at radius 1 is 0.806 bits per heavy atom. The highest BCUT2D eigenvalue weighted by Crippen LogP contribution is 2.77. The maximum absolute atomic E-state index is 14.0. The lowest BCUT2D eigenvalue weighted by molar-refractivity contribution is -0.152. The first kappa shape index (κ1) is 24.0. The standard InChI is InChI=1S/C32H49NO3/c1-2-33(27-8-4-3-5-9-27)28(34)23-11-22-12-24-17-30(16-22,18-25(24)14-23)31-15-21-7-6-10-32(20-31,29(35)36)26(13-21)19-31/h21-27H,2-20H2,1H3,(H,35,36). The van der Waals surface area contributed by atoms with Crippen LogP contribution in [0.25, 0.3) is 0 Å². The zero-order chi connectivity index (χ0) is 24.7. The van der Waals surface area contributed by atoms with E-state index in [0.29, 0.717) is 35.1 Å². The van der Waals surface area contributed by atoms with E-state index in [2.05, 4.69) is 11.8 Å². The number of hydrogen-bond donors (Lipinski definition) is 1. The minimum Gasteiger partial charge on any atom is -0.481 e. The molecule has 0 aromatic heterocycles. The van der Waals surface area contributed by atoms with Crippen molar-refractivity contribution < 1.29 is 14.7 Å². The van der Waals surface area contributed by atoms with Crippen molar-refractivity contribution in [1.29, 1.82) is 0 Å². The number of carbonyl (C=O) groups excluding carboxylic acids is 1. The molecule has 0 aromatic rings. The molecule has 7 saturated carbocycles. The van der Waals surface area contributed by atoms with Gasteiger partial charge in [0.2, 0.25) is 5.91 Å². The molecular formula is C32H49NO3. The lowest BCUT2D eigenvalue weighted by atomic mass is 9.50. The van der Waals surface area contributed by atoms with E-state index in [0.717, 1.165) is 50.5 Å². The van der Waals surface area contributed by atoms with Crippen LogP contribution in [0.5, 0.6) is 0 Å². The number of carboxylic acids is 1. The molecule has 7 fully saturated rings. The SMILES string of the molecule is CCN(C(=O)C1CC2CC3CC(C45CC6CCCC(C(=O)O)(C4)C(C6)C5)(C2)CC3C1)C1CCCCC1. The summed E-state index contributed by atoms with van der Waals surface area (Å²) in [6.07, 6.45) is 21.9. The van der Waals surface area contributed by atoms with Crippen molar-refractivity contribution in [1.82, 2.24) is 4.90 Å². The fourth-order valence-electron chi connectivity index (χ4n) is 12.5. The summed E-state index contributed by atoms with van der Waals surface area (Å²) in [5, 5.41) is 10.5. The van der Waals surface area contributed by atoms with Gasteiger partial charge in [0.25, 0.3) is 0 Å². The highest BCUT2D eigenvalue weighted by Gasteiger charge is 2.71. The number of hydrogen-bond acceptors (Lipinski definition) is 2. The summed E-state index contributed by atoms with van der Waals surface area (Å²) in [5.74, 6) is 3.64. The van der Waals surface area contributed by atoms with Crippen molar-refractivity contribution in [3.8, 4) is 0 Å². The number of carboxylic acid groups (broad SMARTS) is 1. The summed E-state index contributed by atoms with van der Waals surface area (Å²) >= 11 is 0. The van der Waals surface area contributed by atoms with Gasteiger partial charge in [0.15, 0.2) is 0 Å². The number of aliphatic carboxylic acids is 1. The molecule has 1 amide bonds. The van der Waals surface area contributed by atoms with Gasteiger partial charge in [-0.1, -0.05) is 32.1 Å². The average Bonchev–Trinajstić information content (AvgIpc) is 3.15. The highest BCUT2D eigenvalue weighted by atomic mass is 16.4. The largest absolute Gasteiger partial charge is 0.481 e. The summed E-state index contributed by atoms with van der Waals surface area (Å²) in [6.45, 7) is 3.08. The quantitative estimate of drug-likeness (QED) is 0.444. The Hall–Kier alpha value is -1.06. The molecule has 7 aliphatic carbocycles. The van der Waals surface area contributed by atoms with Gasteiger partial charge >= 0.3 is 5.97 Å². The molecule has 4 heteroatoms. The third-order valence-electron chi connectivity index (χ3n) is 13.6. The van der Waals surface area contributed by atoms with Crippen molar-refractivity contribution in [3.63, 3.8) is 0 Å². The third-order valence-corrected chi connectivity index (χ3v) is 13.6. The summed E-state index contributed by atoms with van der Waals surface area (Å²) in [7, 11) is 0. The first-order chi connectivity index (χ1) is 17.4. The van der Waals surface area contributed by atoms with E-state index in [4.69, 9.17) is 0 Å². The van der Waals surface area contributed by atoms with Crippen molar-refractivity contribution in [2.24, 2.45) is 51.8 Å². The molecule has 0 heterocycles. The van der Waals surface area contributed by atoms with Gasteiger partial charge in [0.1, 0.15) is 0 Å². The number of rotatable bonds is 5. The average molecular weight is 496 g/mol. The normalized spacial score (nSPS) is 49.6. The van der Waals surface area contributed by atoms with Crippen LogP contribution >= 0.6 is 0 Å². The monoisotopic (exact) mass is 495 g/mol. The van der Waals surface area contributed by atoms with E-state index in [1.807, 2.05) is 0 Å². The first-order valence-corrected chi connectivity index (χ1v) is 15.9. The molecule has 0 aromatic carbocycles. The maximum Gasteiger partial charge on any atom is 0.309 e. The Bertz CT molecular complexity index is 907. The lowest BCUT2D eigenvalue weighted by Crippen LogP contribution is -2.47. The van der Waals surface area contributed by atoms with Crippen molar-refractivity contribution in [2.75, 3.05) is 6.54 Å². The first-order valence-electron chi connectivity index (χ1n) is 15.9. The molecule has 1 N–H and O–H groups in total. The molecule has 0 aliphatic heterocycles. The van der Waals surface area contributed by atoms with Gasteiger partial charge in [0, 0.05) is 18.5 Å². The van der Waals surface area contributed by atoms with Gasteiger partial charge in [-0.05, 0) is 131 Å². The molecule has 7 aliphatic rings. The highest BCUT2D eigenvalue weighted by molar-refractivity contribution is 5.79. The summed E-state index contributed by atoms with van der Waals surface area (Å²) in [4.78, 5) is 29.0.